The van der Waals surface area contributed by atoms with Crippen molar-refractivity contribution in [2.45, 2.75) is 0 Å². The first-order valence-corrected chi connectivity index (χ1v) is 6.12. The number of hydrogen-bond donors (Lipinski definition) is 4. The lowest BCUT2D eigenvalue weighted by Crippen LogP contribution is -2.46. The van der Waals surface area contributed by atoms with Gasteiger partial charge in [0.1, 0.15) is 0 Å². The predicted molar refractivity (Wildman–Crippen MR) is 70.9 cm³/mol. The van der Waals surface area contributed by atoms with Gasteiger partial charge in [0.25, 0.3) is 0 Å². The Morgan fingerprint density at radius 2 is 1.18 bits per heavy atom. The highest BCUT2D eigenvalue weighted by Crippen LogP contribution is 1.90. The van der Waals surface area contributed by atoms with E-state index in [0.29, 0.717) is 0 Å². The van der Waals surface area contributed by atoms with Crippen LogP contribution in [0.5, 0.6) is 0 Å². The van der Waals surface area contributed by atoms with Crippen molar-refractivity contribution < 1.29 is 39.2 Å². The summed E-state index contributed by atoms with van der Waals surface area (Å²) in [5.74, 6) is -4.17. The number of rotatable bonds is 12. The van der Waals surface area contributed by atoms with Gasteiger partial charge in [0.05, 0.1) is 46.6 Å². The third-order valence-corrected chi connectivity index (χ3v) is 2.33. The Bertz CT molecular complexity index is 398. The van der Waals surface area contributed by atoms with Gasteiger partial charge in [0.2, 0.25) is 0 Å². The van der Waals surface area contributed by atoms with Gasteiger partial charge >= 0.3 is 23.9 Å². The molecular weight excluding hydrogens is 302 g/mol. The summed E-state index contributed by atoms with van der Waals surface area (Å²) in [4.78, 5) is 45.3. The van der Waals surface area contributed by atoms with Gasteiger partial charge in [-0.05, 0) is 0 Å². The third-order valence-electron chi connectivity index (χ3n) is 2.33. The summed E-state index contributed by atoms with van der Waals surface area (Å²) in [6.07, 6.45) is 0. The minimum Gasteiger partial charge on any atom is -0.480 e. The molecule has 0 radical (unpaired) electrons. The van der Waals surface area contributed by atoms with Crippen molar-refractivity contribution in [3.05, 3.63) is 0 Å². The molecule has 0 heterocycles. The molecular formula is C11H19N3O8. The molecule has 0 saturated carbocycles. The summed E-state index contributed by atoms with van der Waals surface area (Å²) in [6.45, 7) is -1.84. The van der Waals surface area contributed by atoms with E-state index in [1.54, 1.807) is 0 Å². The first-order valence-electron chi connectivity index (χ1n) is 6.12. The van der Waals surface area contributed by atoms with Crippen molar-refractivity contribution in [2.75, 3.05) is 46.6 Å². The van der Waals surface area contributed by atoms with E-state index >= 15 is 0 Å². The highest BCUT2D eigenvalue weighted by Gasteiger charge is 2.16. The number of esters is 1. The fraction of sp³-hybridized carbons (Fsp3) is 0.636. The lowest BCUT2D eigenvalue weighted by Gasteiger charge is -2.23. The highest BCUT2D eigenvalue weighted by atomic mass is 16.5. The van der Waals surface area contributed by atoms with Gasteiger partial charge in [-0.1, -0.05) is 0 Å². The molecule has 4 N–H and O–H groups in total. The molecule has 0 aromatic rings. The van der Waals surface area contributed by atoms with Gasteiger partial charge < -0.3 is 20.1 Å². The first-order chi connectivity index (χ1) is 10.2. The average molecular weight is 321 g/mol. The van der Waals surface area contributed by atoms with E-state index in [-0.39, 0.29) is 19.9 Å². The molecule has 0 aliphatic heterocycles. The van der Waals surface area contributed by atoms with Crippen LogP contribution in [-0.2, 0) is 23.9 Å². The number of aliphatic carboxylic acids is 3. The van der Waals surface area contributed by atoms with E-state index < -0.39 is 43.5 Å². The molecule has 0 aromatic heterocycles. The van der Waals surface area contributed by atoms with Crippen LogP contribution in [0.1, 0.15) is 0 Å². The number of carbonyl (C=O) groups is 4. The summed E-state index contributed by atoms with van der Waals surface area (Å²) < 4.78 is 4.43. The normalized spacial score (nSPS) is 10.7. The summed E-state index contributed by atoms with van der Waals surface area (Å²) >= 11 is 0. The van der Waals surface area contributed by atoms with Crippen LogP contribution in [0.15, 0.2) is 0 Å². The van der Waals surface area contributed by atoms with Crippen LogP contribution < -0.4 is 5.32 Å². The van der Waals surface area contributed by atoms with E-state index in [4.69, 9.17) is 15.3 Å². The van der Waals surface area contributed by atoms with E-state index in [1.165, 1.54) is 4.90 Å². The number of hydrogen-bond acceptors (Lipinski definition) is 8. The number of carbonyl (C=O) groups excluding carboxylic acids is 1. The van der Waals surface area contributed by atoms with Crippen LogP contribution in [0.2, 0.25) is 0 Å². The Morgan fingerprint density at radius 1 is 0.818 bits per heavy atom. The molecule has 0 amide bonds. The van der Waals surface area contributed by atoms with Gasteiger partial charge in [-0.15, -0.1) is 0 Å². The zero-order valence-corrected chi connectivity index (χ0v) is 12.0. The molecule has 0 bridgehead atoms. The summed E-state index contributed by atoms with van der Waals surface area (Å²) in [5, 5.41) is 28.7. The monoisotopic (exact) mass is 321 g/mol. The Labute approximate surface area is 126 Å². The SMILES string of the molecule is COC(=O)CN(CNCN(CC(=O)O)CC(=O)O)CC(=O)O. The number of nitrogens with one attached hydrogen (secondary N) is 1. The largest absolute Gasteiger partial charge is 0.480 e. The molecule has 0 aliphatic carbocycles. The molecule has 0 unspecified atom stereocenters. The standard InChI is InChI=1S/C11H19N3O8/c1-22-11(21)5-14(4-10(19)20)7-12-6-13(2-8(15)16)3-9(17)18/h12H,2-7H2,1H3,(H,15,16)(H,17,18)(H,19,20). The van der Waals surface area contributed by atoms with Crippen LogP contribution in [0.3, 0.4) is 0 Å². The Balaban J connectivity index is 4.40. The van der Waals surface area contributed by atoms with Gasteiger partial charge in [-0.3, -0.25) is 34.3 Å². The highest BCUT2D eigenvalue weighted by molar-refractivity contribution is 5.74. The second-order valence-corrected chi connectivity index (χ2v) is 4.30. The van der Waals surface area contributed by atoms with E-state index in [2.05, 4.69) is 10.1 Å². The van der Waals surface area contributed by atoms with Crippen molar-refractivity contribution in [1.29, 1.82) is 0 Å². The molecule has 126 valence electrons. The van der Waals surface area contributed by atoms with E-state index in [0.717, 1.165) is 12.0 Å². The van der Waals surface area contributed by atoms with Crippen molar-refractivity contribution in [1.82, 2.24) is 15.1 Å². The fourth-order valence-corrected chi connectivity index (χ4v) is 1.52. The zero-order chi connectivity index (χ0) is 17.1. The summed E-state index contributed by atoms with van der Waals surface area (Å²) in [6, 6.07) is 0. The second-order valence-electron chi connectivity index (χ2n) is 4.30. The lowest BCUT2D eigenvalue weighted by atomic mass is 10.5. The van der Waals surface area contributed by atoms with Crippen LogP contribution in [0.4, 0.5) is 0 Å². The fourth-order valence-electron chi connectivity index (χ4n) is 1.52. The molecule has 22 heavy (non-hydrogen) atoms. The molecule has 11 nitrogen and oxygen atoms in total. The van der Waals surface area contributed by atoms with Gasteiger partial charge in [-0.25, -0.2) is 0 Å². The number of ether oxygens (including phenoxy) is 1. The number of carboxylic acids is 3. The Kier molecular flexibility index (Phi) is 9.41. The van der Waals surface area contributed by atoms with Crippen LogP contribution in [-0.4, -0.2) is 95.6 Å². The number of carboxylic acid groups (broad SMARTS) is 3. The minimum absolute atomic E-state index is 0.0584. The van der Waals surface area contributed by atoms with E-state index in [1.807, 2.05) is 0 Å². The topological polar surface area (TPSA) is 157 Å². The van der Waals surface area contributed by atoms with E-state index in [9.17, 15) is 19.2 Å². The molecule has 0 spiro atoms. The van der Waals surface area contributed by atoms with Crippen LogP contribution in [0.25, 0.3) is 0 Å². The number of methoxy groups -OCH3 is 1. The van der Waals surface area contributed by atoms with Gasteiger partial charge in [-0.2, -0.15) is 0 Å². The molecule has 0 aromatic carbocycles. The second kappa shape index (κ2) is 10.5. The maximum absolute atomic E-state index is 11.1. The molecule has 0 fully saturated rings. The van der Waals surface area contributed by atoms with Crippen molar-refractivity contribution in [3.8, 4) is 0 Å². The smallest absolute Gasteiger partial charge is 0.319 e. The minimum atomic E-state index is -1.19. The van der Waals surface area contributed by atoms with Crippen LogP contribution in [0, 0.1) is 0 Å². The van der Waals surface area contributed by atoms with Gasteiger partial charge in [0, 0.05) is 0 Å². The first kappa shape index (κ1) is 19.8. The lowest BCUT2D eigenvalue weighted by molar-refractivity contribution is -0.144. The Morgan fingerprint density at radius 3 is 1.50 bits per heavy atom. The molecule has 0 atom stereocenters. The maximum Gasteiger partial charge on any atom is 0.319 e. The molecule has 0 aliphatic rings. The Hall–Kier alpha value is -2.24. The summed E-state index contributed by atoms with van der Waals surface area (Å²) in [7, 11) is 1.16. The molecule has 0 rings (SSSR count). The zero-order valence-electron chi connectivity index (χ0n) is 12.0. The predicted octanol–water partition coefficient (Wildman–Crippen LogP) is -2.48. The van der Waals surface area contributed by atoms with Crippen molar-refractivity contribution >= 4 is 23.9 Å². The van der Waals surface area contributed by atoms with Crippen molar-refractivity contribution in [3.63, 3.8) is 0 Å². The average Bonchev–Trinajstić information content (AvgIpc) is 2.35. The third kappa shape index (κ3) is 10.5. The quantitative estimate of drug-likeness (QED) is 0.223. The number of nitrogens with zero attached hydrogens (tertiary/aromatic N) is 2. The maximum atomic E-state index is 11.1. The molecule has 11 heteroatoms. The molecule has 0 saturated heterocycles. The van der Waals surface area contributed by atoms with Gasteiger partial charge in [0.15, 0.2) is 0 Å². The van der Waals surface area contributed by atoms with Crippen LogP contribution >= 0.6 is 0 Å². The summed E-state index contributed by atoms with van der Waals surface area (Å²) in [5.41, 5.74) is 0. The van der Waals surface area contributed by atoms with Crippen molar-refractivity contribution in [2.24, 2.45) is 0 Å².